The minimum Gasteiger partial charge on any atom is -0.508 e. The number of nitrogens with one attached hydrogen (secondary N) is 1. The van der Waals surface area contributed by atoms with Gasteiger partial charge in [0.25, 0.3) is 0 Å². The second-order valence-electron chi connectivity index (χ2n) is 38.5. The Morgan fingerprint density at radius 1 is 0.443 bits per heavy atom. The highest BCUT2D eigenvalue weighted by molar-refractivity contribution is 7.21. The molecular weight excluding hydrogens is 1880 g/mol. The van der Waals surface area contributed by atoms with Gasteiger partial charge >= 0.3 is 24.1 Å². The molecule has 786 valence electrons. The molecule has 10 amide bonds. The zero-order valence-corrected chi connectivity index (χ0v) is 80.8. The molecule has 12 aliphatic rings. The van der Waals surface area contributed by atoms with Gasteiger partial charge in [-0.2, -0.15) is 0 Å². The van der Waals surface area contributed by atoms with Crippen LogP contribution in [-0.4, -0.2) is 444 Å². The summed E-state index contributed by atoms with van der Waals surface area (Å²) >= 11 is 1.54. The van der Waals surface area contributed by atoms with Crippen molar-refractivity contribution in [2.75, 3.05) is 111 Å². The number of carbonyl (C=O) groups is 12. The van der Waals surface area contributed by atoms with Crippen molar-refractivity contribution in [2.24, 2.45) is 39.4 Å². The smallest absolute Gasteiger partial charge is 0.410 e. The van der Waals surface area contributed by atoms with E-state index in [1.807, 2.05) is 65.2 Å². The molecule has 15 rings (SSSR count). The first-order valence-electron chi connectivity index (χ1n) is 46.9. The second kappa shape index (κ2) is 48.6. The Balaban J connectivity index is 0.000000186. The number of anilines is 1. The van der Waals surface area contributed by atoms with Crippen LogP contribution >= 0.6 is 11.3 Å². The summed E-state index contributed by atoms with van der Waals surface area (Å²) in [6.45, 7) is 18.5. The molecule has 0 bridgehead atoms. The number of hydrogen-bond acceptors (Lipinski definition) is 37. The van der Waals surface area contributed by atoms with E-state index in [9.17, 15) is 136 Å². The molecule has 48 heteroatoms. The van der Waals surface area contributed by atoms with E-state index in [1.165, 1.54) is 58.6 Å². The van der Waals surface area contributed by atoms with Crippen molar-refractivity contribution >= 4 is 98.6 Å². The number of rotatable bonds is 14. The molecule has 17 N–H and O–H groups in total. The van der Waals surface area contributed by atoms with Crippen LogP contribution in [0.25, 0.3) is 20.8 Å². The maximum absolute atomic E-state index is 14.4. The Kier molecular flexibility index (Phi) is 39.7. The van der Waals surface area contributed by atoms with Crippen LogP contribution in [0.1, 0.15) is 139 Å². The molecule has 8 aliphatic heterocycles. The summed E-state index contributed by atoms with van der Waals surface area (Å²) in [5, 5.41) is 156. The Bertz CT molecular complexity index is 4540. The molecule has 2 aromatic carbocycles. The summed E-state index contributed by atoms with van der Waals surface area (Å²) in [7, 11) is 4.02. The number of thiazole rings is 1. The van der Waals surface area contributed by atoms with Gasteiger partial charge < -0.3 is 126 Å². The van der Waals surface area contributed by atoms with E-state index in [4.69, 9.17) is 44.5 Å². The van der Waals surface area contributed by atoms with E-state index in [1.54, 1.807) is 26.0 Å². The minimum absolute atomic E-state index is 0.0742. The van der Waals surface area contributed by atoms with Gasteiger partial charge in [0.15, 0.2) is 24.6 Å². The maximum Gasteiger partial charge on any atom is 0.410 e. The van der Waals surface area contributed by atoms with Crippen molar-refractivity contribution in [3.8, 4) is 16.3 Å². The third-order valence-electron chi connectivity index (χ3n) is 28.9. The van der Waals surface area contributed by atoms with Crippen molar-refractivity contribution in [1.82, 2.24) is 44.2 Å². The lowest BCUT2D eigenvalue weighted by atomic mass is 9.70. The van der Waals surface area contributed by atoms with E-state index in [-0.39, 0.29) is 161 Å². The van der Waals surface area contributed by atoms with Crippen LogP contribution in [0.3, 0.4) is 0 Å². The molecule has 18 unspecified atom stereocenters. The van der Waals surface area contributed by atoms with E-state index in [2.05, 4.69) is 20.1 Å². The lowest BCUT2D eigenvalue weighted by Gasteiger charge is -2.44. The van der Waals surface area contributed by atoms with Gasteiger partial charge in [0.1, 0.15) is 134 Å². The molecule has 3 aromatic rings. The lowest BCUT2D eigenvalue weighted by molar-refractivity contribution is -0.224. The highest BCUT2D eigenvalue weighted by atomic mass is 32.1. The number of likely N-dealkylation sites (tertiary alicyclic amines) is 8. The predicted molar refractivity (Wildman–Crippen MR) is 483 cm³/mol. The van der Waals surface area contributed by atoms with Gasteiger partial charge in [-0.05, 0) is 180 Å². The zero-order valence-electron chi connectivity index (χ0n) is 79.9. The number of piperidine rings is 4. The Morgan fingerprint density at radius 2 is 0.771 bits per heavy atom. The van der Waals surface area contributed by atoms with Gasteiger partial charge in [-0.1, -0.05) is 20.8 Å². The molecular formula is C92H135F5N10O32S. The number of phenols is 1. The molecule has 1 aromatic heterocycles. The van der Waals surface area contributed by atoms with Gasteiger partial charge in [-0.3, -0.25) is 67.5 Å². The number of alkyl halides is 5. The zero-order chi connectivity index (χ0) is 104. The molecule has 4 saturated carbocycles. The number of fused-ring (bicyclic) bond motifs is 1. The molecule has 4 spiro atoms. The van der Waals surface area contributed by atoms with Gasteiger partial charge in [-0.25, -0.2) is 36.5 Å². The van der Waals surface area contributed by atoms with Crippen LogP contribution in [0, 0.1) is 39.4 Å². The number of nitrogens with zero attached hydrogens (tertiary/aromatic N) is 9. The Morgan fingerprint density at radius 3 is 1.11 bits per heavy atom. The fourth-order valence-electron chi connectivity index (χ4n) is 19.6. The van der Waals surface area contributed by atoms with E-state index in [0.29, 0.717) is 32.5 Å². The highest BCUT2D eigenvalue weighted by Gasteiger charge is 2.60. The van der Waals surface area contributed by atoms with Crippen LogP contribution in [0.15, 0.2) is 42.5 Å². The van der Waals surface area contributed by atoms with Gasteiger partial charge in [0, 0.05) is 96.6 Å². The summed E-state index contributed by atoms with van der Waals surface area (Å²) < 4.78 is 86.3. The topological polar surface area (TPSA) is 616 Å². The standard InChI is InChI=1S/2C17H26N2O9.C16H15FN2OS.C13H21FO4.C12H19FN2O2.C11H17FN2O2.C6H11FO5/c2*1-2-19-8(20)7-17(15(19)26)3-5-18(6-4-17)16(27)28-14-12(24)10(22)9(21)11(23)13(14)25;1-10(17)9-18-12-4-2-11(3-5-12)16-19-14-7-6-13(20)8-15(14)21-16;1-6-7(2)12(17-9(4)15)11(14)13(8(6)3)18-10(5)16;1-9(13)8-15-10(16)7-12(11(15)17)3-5-14(2)6-4-12;1-13-5-2-11(3-6-13)8-9(15)14(7-4-12)10(11)16;7-1-2(8)4(10)6(12)5(11)3(1)9/h2*9-14,21-25H,2-7H2,1H3;2-8,10,18,20H,9H2,1H3;6-8,11-13H,1-5H3;9H,3-8H2,1-2H3;2-8H2,1H3;1-6,8-12H. The fourth-order valence-corrected chi connectivity index (χ4v) is 20.6. The number of phenolic OH excluding ortho intramolecular Hbond substituents is 1. The van der Waals surface area contributed by atoms with Crippen molar-refractivity contribution in [2.45, 2.75) is 280 Å². The molecule has 0 radical (unpaired) electrons. The van der Waals surface area contributed by atoms with Gasteiger partial charge in [-0.15, -0.1) is 11.3 Å². The summed E-state index contributed by atoms with van der Waals surface area (Å²) in [6.07, 6.45) is -34.4. The first-order chi connectivity index (χ1) is 65.6. The van der Waals surface area contributed by atoms with Crippen molar-refractivity contribution in [3.63, 3.8) is 0 Å². The number of aliphatic hydroxyl groups is 15. The number of esters is 2. The number of amides is 10. The van der Waals surface area contributed by atoms with Gasteiger partial charge in [0.2, 0.25) is 47.3 Å². The van der Waals surface area contributed by atoms with E-state index in [0.717, 1.165) is 75.3 Å². The molecule has 12 fully saturated rings. The fraction of sp³-hybridized carbons (Fsp3) is 0.728. The van der Waals surface area contributed by atoms with Crippen LogP contribution in [0.4, 0.5) is 37.2 Å². The molecule has 8 saturated heterocycles. The second-order valence-corrected chi connectivity index (χ2v) is 39.5. The summed E-state index contributed by atoms with van der Waals surface area (Å²) in [5.41, 5.74) is 0.101. The number of hydrogen-bond donors (Lipinski definition) is 17. The van der Waals surface area contributed by atoms with Crippen LogP contribution in [0.2, 0.25) is 0 Å². The number of ether oxygens (including phenoxy) is 4. The number of aromatic hydroxyl groups is 1. The molecule has 9 heterocycles. The predicted octanol–water partition coefficient (Wildman–Crippen LogP) is -0.725. The molecule has 18 atom stereocenters. The molecule has 140 heavy (non-hydrogen) atoms. The summed E-state index contributed by atoms with van der Waals surface area (Å²) in [6, 6.07) is 12.9. The van der Waals surface area contributed by atoms with E-state index >= 15 is 0 Å². The summed E-state index contributed by atoms with van der Waals surface area (Å²) in [4.78, 5) is 160. The first-order valence-corrected chi connectivity index (χ1v) is 47.7. The van der Waals surface area contributed by atoms with Crippen LogP contribution in [-0.2, 0) is 66.9 Å². The largest absolute Gasteiger partial charge is 0.508 e. The van der Waals surface area contributed by atoms with E-state index < -0.39 is 193 Å². The van der Waals surface area contributed by atoms with Crippen LogP contribution in [0.5, 0.6) is 5.75 Å². The minimum atomic E-state index is -2.14. The van der Waals surface area contributed by atoms with Crippen molar-refractivity contribution < 1.29 is 180 Å². The monoisotopic (exact) mass is 2020 g/mol. The number of aromatic nitrogens is 1. The first kappa shape index (κ1) is 115. The SMILES string of the molecule is CC(=O)OC1C(C)C(C)C(C)C(OC(C)=O)C1F.CC(F)CN1C(=O)CC2(CCN(C)CC2)C1=O.CC(F)CNc1ccc(-c2nc3ccc(O)cc3s2)cc1.CCN1C(=O)CC2(CCN(C(=O)OC3C(O)C(O)C(O)C(O)C3O)CC2)C1=O.CCN1C(=O)CC2(CCN(C(=O)OC3C(O)C(O)C(O)C(O)C3O)CC2)C1=O.CN1CCC2(CC1)CC(=O)N(CCF)C2=O.OC1C(O)C(O)C(F)C(O)C1O. The number of halogens is 5. The third-order valence-corrected chi connectivity index (χ3v) is 29.9. The normalized spacial score (nSPS) is 33.3. The highest BCUT2D eigenvalue weighted by Crippen LogP contribution is 2.48. The average molecular weight is 2020 g/mol. The van der Waals surface area contributed by atoms with Crippen molar-refractivity contribution in [3.05, 3.63) is 42.5 Å². The van der Waals surface area contributed by atoms with Crippen LogP contribution < -0.4 is 5.32 Å². The van der Waals surface area contributed by atoms with Crippen molar-refractivity contribution in [1.29, 1.82) is 0 Å². The summed E-state index contributed by atoms with van der Waals surface area (Å²) in [5.74, 6) is -2.51. The average Bonchev–Trinajstić information content (AvgIpc) is 1.62. The molecule has 42 nitrogen and oxygen atoms in total. The number of benzene rings is 2. The van der Waals surface area contributed by atoms with Gasteiger partial charge in [0.05, 0.1) is 45.0 Å². The third kappa shape index (κ3) is 25.8. The quantitative estimate of drug-likeness (QED) is 0.0410. The Labute approximate surface area is 808 Å². The number of imide groups is 4. The molecule has 4 aliphatic carbocycles. The number of aliphatic hydroxyl groups excluding tert-OH is 15. The maximum atomic E-state index is 14.4. The Hall–Kier alpha value is -9.06. The lowest BCUT2D eigenvalue weighted by Crippen LogP contribution is -2.65. The number of carbonyl (C=O) groups excluding carboxylic acids is 12.